The minimum absolute atomic E-state index is 0.507. The van der Waals surface area contributed by atoms with E-state index < -0.39 is 53.3 Å². The highest BCUT2D eigenvalue weighted by Gasteiger charge is 2.63. The van der Waals surface area contributed by atoms with Crippen molar-refractivity contribution in [1.29, 1.82) is 0 Å². The van der Waals surface area contributed by atoms with Crippen LogP contribution in [0.2, 0.25) is 0 Å². The molecule has 0 bridgehead atoms. The van der Waals surface area contributed by atoms with Crippen LogP contribution in [0.5, 0.6) is 0 Å². The third-order valence-corrected chi connectivity index (χ3v) is 7.07. The van der Waals surface area contributed by atoms with E-state index in [1.165, 1.54) is 0 Å². The van der Waals surface area contributed by atoms with Crippen LogP contribution >= 0.6 is 0 Å². The lowest BCUT2D eigenvalue weighted by atomic mass is 10.1. The van der Waals surface area contributed by atoms with Gasteiger partial charge in [0.05, 0.1) is 0 Å². The lowest BCUT2D eigenvalue weighted by Gasteiger charge is -2.29. The Labute approximate surface area is 133 Å². The SMILES string of the molecule is C=CC(=O)OC(C)(C)CC(S(=O)(=O)C(F)(F)F)S(=O)(=O)C(F)(F)F. The second-order valence-electron chi connectivity index (χ2n) is 5.00. The minimum atomic E-state index is -6.78. The van der Waals surface area contributed by atoms with Gasteiger partial charge in [0.15, 0.2) is 4.58 Å². The first-order chi connectivity index (χ1) is 10.3. The molecule has 0 N–H and O–H groups in total. The highest BCUT2D eigenvalue weighted by molar-refractivity contribution is 8.09. The van der Waals surface area contributed by atoms with Gasteiger partial charge in [-0.1, -0.05) is 6.58 Å². The molecule has 0 amide bonds. The number of carbonyl (C=O) groups is 1. The quantitative estimate of drug-likeness (QED) is 0.381. The van der Waals surface area contributed by atoms with Crippen molar-refractivity contribution in [2.45, 2.75) is 41.5 Å². The van der Waals surface area contributed by atoms with Crippen LogP contribution in [-0.2, 0) is 29.2 Å². The van der Waals surface area contributed by atoms with E-state index in [0.717, 1.165) is 13.8 Å². The lowest BCUT2D eigenvalue weighted by molar-refractivity contribution is -0.150. The van der Waals surface area contributed by atoms with Gasteiger partial charge in [0.2, 0.25) is 0 Å². The van der Waals surface area contributed by atoms with Crippen LogP contribution in [0.1, 0.15) is 20.3 Å². The Kier molecular flexibility index (Phi) is 6.18. The first kappa shape index (κ1) is 22.7. The summed E-state index contributed by atoms with van der Waals surface area (Å²) in [5.41, 5.74) is -14.8. The molecule has 0 unspecified atom stereocenters. The number of halogens is 6. The van der Waals surface area contributed by atoms with Gasteiger partial charge in [0.25, 0.3) is 19.7 Å². The average Bonchev–Trinajstić information content (AvgIpc) is 2.32. The van der Waals surface area contributed by atoms with Gasteiger partial charge in [-0.15, -0.1) is 0 Å². The summed E-state index contributed by atoms with van der Waals surface area (Å²) >= 11 is 0. The third kappa shape index (κ3) is 4.84. The van der Waals surface area contributed by atoms with Gasteiger partial charge in [-0.2, -0.15) is 26.3 Å². The fourth-order valence-corrected chi connectivity index (χ4v) is 5.27. The van der Waals surface area contributed by atoms with Gasteiger partial charge < -0.3 is 4.74 Å². The molecule has 0 atom stereocenters. The maximum absolute atomic E-state index is 12.6. The number of hydrogen-bond donors (Lipinski definition) is 0. The molecule has 0 fully saturated rings. The third-order valence-electron chi connectivity index (χ3n) is 2.54. The fraction of sp³-hybridized carbons (Fsp3) is 0.700. The number of esters is 1. The lowest BCUT2D eigenvalue weighted by Crippen LogP contribution is -2.48. The molecule has 0 aromatic carbocycles. The van der Waals surface area contributed by atoms with Crippen molar-refractivity contribution in [3.05, 3.63) is 12.7 Å². The molecule has 0 rings (SSSR count). The van der Waals surface area contributed by atoms with E-state index in [1.807, 2.05) is 0 Å². The van der Waals surface area contributed by atoms with Gasteiger partial charge in [-0.25, -0.2) is 21.6 Å². The molecule has 0 saturated heterocycles. The summed E-state index contributed by atoms with van der Waals surface area (Å²) in [4.78, 5) is 11.0. The molecule has 0 spiro atoms. The molecule has 14 heteroatoms. The van der Waals surface area contributed by atoms with Gasteiger partial charge >= 0.3 is 17.0 Å². The van der Waals surface area contributed by atoms with Crippen LogP contribution in [0, 0.1) is 0 Å². The Morgan fingerprint density at radius 1 is 1.00 bits per heavy atom. The number of sulfone groups is 2. The zero-order chi connectivity index (χ0) is 19.8. The van der Waals surface area contributed by atoms with Crippen molar-refractivity contribution < 1.29 is 52.7 Å². The van der Waals surface area contributed by atoms with Crippen molar-refractivity contribution in [2.24, 2.45) is 0 Å². The molecule has 142 valence electrons. The van der Waals surface area contributed by atoms with E-state index >= 15 is 0 Å². The molecule has 24 heavy (non-hydrogen) atoms. The van der Waals surface area contributed by atoms with Crippen LogP contribution in [0.25, 0.3) is 0 Å². The fourth-order valence-electron chi connectivity index (χ4n) is 1.44. The van der Waals surface area contributed by atoms with Crippen LogP contribution in [-0.4, -0.2) is 44.0 Å². The first-order valence-corrected chi connectivity index (χ1v) is 8.84. The molecule has 0 aliphatic carbocycles. The van der Waals surface area contributed by atoms with Crippen LogP contribution < -0.4 is 0 Å². The van der Waals surface area contributed by atoms with Crippen LogP contribution in [0.4, 0.5) is 26.3 Å². The number of alkyl halides is 6. The number of ether oxygens (including phenoxy) is 1. The van der Waals surface area contributed by atoms with Gasteiger partial charge in [0.1, 0.15) is 5.60 Å². The van der Waals surface area contributed by atoms with Gasteiger partial charge in [0, 0.05) is 12.5 Å². The molecule has 6 nitrogen and oxygen atoms in total. The highest BCUT2D eigenvalue weighted by Crippen LogP contribution is 2.40. The zero-order valence-corrected chi connectivity index (χ0v) is 13.7. The minimum Gasteiger partial charge on any atom is -0.456 e. The number of rotatable bonds is 6. The molecular weight excluding hydrogens is 394 g/mol. The van der Waals surface area contributed by atoms with Crippen molar-refractivity contribution in [1.82, 2.24) is 0 Å². The zero-order valence-electron chi connectivity index (χ0n) is 12.1. The van der Waals surface area contributed by atoms with E-state index in [-0.39, 0.29) is 0 Å². The molecule has 0 aromatic heterocycles. The molecule has 0 saturated carbocycles. The maximum Gasteiger partial charge on any atom is 0.498 e. The van der Waals surface area contributed by atoms with Gasteiger partial charge in [-0.05, 0) is 13.8 Å². The smallest absolute Gasteiger partial charge is 0.456 e. The number of carbonyl (C=O) groups excluding carboxylic acids is 1. The van der Waals surface area contributed by atoms with E-state index in [1.54, 1.807) is 0 Å². The van der Waals surface area contributed by atoms with Crippen molar-refractivity contribution >= 4 is 25.6 Å². The first-order valence-electron chi connectivity index (χ1n) is 5.75. The largest absolute Gasteiger partial charge is 0.498 e. The monoisotopic (exact) mass is 406 g/mol. The standard InChI is InChI=1S/C10H12F6O6S2/c1-4-6(17)22-8(2,3)5-7(23(18,19)9(11,12)13)24(20,21)10(14,15)16/h4,7H,1,5H2,2-3H3. The Morgan fingerprint density at radius 3 is 1.58 bits per heavy atom. The van der Waals surface area contributed by atoms with E-state index in [4.69, 9.17) is 0 Å². The molecule has 0 aliphatic heterocycles. The Hall–Kier alpha value is -1.31. The topological polar surface area (TPSA) is 94.6 Å². The predicted molar refractivity (Wildman–Crippen MR) is 68.7 cm³/mol. The molecule has 0 heterocycles. The van der Waals surface area contributed by atoms with E-state index in [9.17, 15) is 48.0 Å². The Balaban J connectivity index is 6.24. The summed E-state index contributed by atoms with van der Waals surface area (Å²) in [6.07, 6.45) is -1.29. The second-order valence-corrected chi connectivity index (χ2v) is 9.54. The summed E-state index contributed by atoms with van der Waals surface area (Å²) in [5, 5.41) is 0. The summed E-state index contributed by atoms with van der Waals surface area (Å²) in [6.45, 7) is 4.43. The van der Waals surface area contributed by atoms with E-state index in [2.05, 4.69) is 11.3 Å². The Morgan fingerprint density at radius 2 is 1.33 bits per heavy atom. The van der Waals surface area contributed by atoms with Crippen LogP contribution in [0.15, 0.2) is 12.7 Å². The molecular formula is C10H12F6O6S2. The highest BCUT2D eigenvalue weighted by atomic mass is 32.3. The summed E-state index contributed by atoms with van der Waals surface area (Å²) < 4.78 is 121. The van der Waals surface area contributed by atoms with Crippen LogP contribution in [0.3, 0.4) is 0 Å². The normalized spacial score (nSPS) is 14.5. The molecule has 0 aliphatic rings. The summed E-state index contributed by atoms with van der Waals surface area (Å²) in [6, 6.07) is 0. The average molecular weight is 406 g/mol. The molecule has 0 radical (unpaired) electrons. The maximum atomic E-state index is 12.6. The second kappa shape index (κ2) is 6.54. The van der Waals surface area contributed by atoms with Gasteiger partial charge in [-0.3, -0.25) is 0 Å². The Bertz CT molecular complexity index is 657. The van der Waals surface area contributed by atoms with E-state index in [0.29, 0.717) is 6.08 Å². The van der Waals surface area contributed by atoms with Crippen molar-refractivity contribution in [3.63, 3.8) is 0 Å². The summed E-state index contributed by atoms with van der Waals surface area (Å²) in [5.74, 6) is -1.30. The number of hydrogen-bond acceptors (Lipinski definition) is 6. The van der Waals surface area contributed by atoms with Crippen molar-refractivity contribution in [3.8, 4) is 0 Å². The predicted octanol–water partition coefficient (Wildman–Crippen LogP) is 2.08. The molecule has 0 aromatic rings. The summed E-state index contributed by atoms with van der Waals surface area (Å²) in [7, 11) is -13.6. The van der Waals surface area contributed by atoms with Crippen molar-refractivity contribution in [2.75, 3.05) is 0 Å².